The third-order valence-corrected chi connectivity index (χ3v) is 3.66. The second kappa shape index (κ2) is 5.66. The Balaban J connectivity index is 2.66. The summed E-state index contributed by atoms with van der Waals surface area (Å²) in [6.07, 6.45) is 3.41. The first-order valence-electron chi connectivity index (χ1n) is 5.60. The summed E-state index contributed by atoms with van der Waals surface area (Å²) in [7, 11) is 1.88. The van der Waals surface area contributed by atoms with Gasteiger partial charge < -0.3 is 15.0 Å². The van der Waals surface area contributed by atoms with Crippen LogP contribution in [0, 0.1) is 0 Å². The van der Waals surface area contributed by atoms with Crippen LogP contribution >= 0.6 is 11.6 Å². The zero-order chi connectivity index (χ0) is 12.2. The molecule has 2 N–H and O–H groups in total. The summed E-state index contributed by atoms with van der Waals surface area (Å²) in [5.74, 6) is 0.879. The lowest BCUT2D eigenvalue weighted by Gasteiger charge is -2.30. The second-order valence-electron chi connectivity index (χ2n) is 4.06. The van der Waals surface area contributed by atoms with Crippen LogP contribution in [0.4, 0.5) is 0 Å². The maximum Gasteiger partial charge on any atom is 0.128 e. The highest BCUT2D eigenvalue weighted by molar-refractivity contribution is 6.29. The van der Waals surface area contributed by atoms with E-state index >= 15 is 0 Å². The minimum absolute atomic E-state index is 0.137. The van der Waals surface area contributed by atoms with Gasteiger partial charge in [0.1, 0.15) is 11.0 Å². The van der Waals surface area contributed by atoms with Gasteiger partial charge in [0.25, 0.3) is 0 Å². The van der Waals surface area contributed by atoms with Gasteiger partial charge in [0, 0.05) is 12.6 Å². The molecule has 0 bridgehead atoms. The summed E-state index contributed by atoms with van der Waals surface area (Å²) in [5.41, 5.74) is -0.210. The molecule has 1 heterocycles. The fraction of sp³-hybridized carbons (Fsp3) is 0.727. The maximum absolute atomic E-state index is 9.41. The smallest absolute Gasteiger partial charge is 0.128 e. The van der Waals surface area contributed by atoms with Gasteiger partial charge >= 0.3 is 0 Å². The monoisotopic (exact) mass is 245 g/mol. The molecule has 0 radical (unpaired) electrons. The SMILES string of the molecule is CCC(CC)(CO)NCc1ncc(Cl)n1C. The number of aliphatic hydroxyl groups excluding tert-OH is 1. The molecule has 0 amide bonds. The molecule has 16 heavy (non-hydrogen) atoms. The molecule has 0 aliphatic carbocycles. The van der Waals surface area contributed by atoms with Crippen molar-refractivity contribution < 1.29 is 5.11 Å². The van der Waals surface area contributed by atoms with E-state index in [4.69, 9.17) is 11.6 Å². The number of nitrogens with zero attached hydrogens (tertiary/aromatic N) is 2. The van der Waals surface area contributed by atoms with Crippen LogP contribution in [-0.2, 0) is 13.6 Å². The van der Waals surface area contributed by atoms with E-state index < -0.39 is 0 Å². The summed E-state index contributed by atoms with van der Waals surface area (Å²) in [6, 6.07) is 0. The Kier molecular flexibility index (Phi) is 4.77. The van der Waals surface area contributed by atoms with Crippen molar-refractivity contribution in [3.05, 3.63) is 17.2 Å². The van der Waals surface area contributed by atoms with Crippen molar-refractivity contribution in [2.75, 3.05) is 6.61 Å². The van der Waals surface area contributed by atoms with E-state index in [1.54, 1.807) is 6.20 Å². The van der Waals surface area contributed by atoms with Crippen molar-refractivity contribution in [1.82, 2.24) is 14.9 Å². The Bertz CT molecular complexity index is 326. The first kappa shape index (κ1) is 13.5. The van der Waals surface area contributed by atoms with Crippen molar-refractivity contribution in [3.8, 4) is 0 Å². The third-order valence-electron chi connectivity index (χ3n) is 3.31. The quantitative estimate of drug-likeness (QED) is 0.802. The van der Waals surface area contributed by atoms with Crippen LogP contribution in [0.3, 0.4) is 0 Å². The van der Waals surface area contributed by atoms with Crippen LogP contribution in [0.5, 0.6) is 0 Å². The van der Waals surface area contributed by atoms with E-state index in [1.807, 2.05) is 11.6 Å². The van der Waals surface area contributed by atoms with Crippen LogP contribution in [0.1, 0.15) is 32.5 Å². The average molecular weight is 246 g/mol. The fourth-order valence-electron chi connectivity index (χ4n) is 1.63. The van der Waals surface area contributed by atoms with Crippen LogP contribution in [0.2, 0.25) is 5.15 Å². The van der Waals surface area contributed by atoms with Gasteiger partial charge in [-0.15, -0.1) is 0 Å². The summed E-state index contributed by atoms with van der Waals surface area (Å²) in [6.45, 7) is 4.89. The topological polar surface area (TPSA) is 50.1 Å². The molecule has 1 rings (SSSR count). The lowest BCUT2D eigenvalue weighted by atomic mass is 9.94. The van der Waals surface area contributed by atoms with Gasteiger partial charge in [0.05, 0.1) is 19.3 Å². The molecule has 0 fully saturated rings. The Labute approximate surface area is 102 Å². The highest BCUT2D eigenvalue weighted by atomic mass is 35.5. The van der Waals surface area contributed by atoms with Crippen molar-refractivity contribution >= 4 is 11.6 Å². The van der Waals surface area contributed by atoms with Gasteiger partial charge in [0.15, 0.2) is 0 Å². The van der Waals surface area contributed by atoms with E-state index in [-0.39, 0.29) is 12.1 Å². The number of aromatic nitrogens is 2. The van der Waals surface area contributed by atoms with Crippen molar-refractivity contribution in [2.45, 2.75) is 38.8 Å². The molecule has 0 unspecified atom stereocenters. The van der Waals surface area contributed by atoms with E-state index in [9.17, 15) is 5.11 Å². The van der Waals surface area contributed by atoms with Crippen molar-refractivity contribution in [1.29, 1.82) is 0 Å². The number of hydrogen-bond acceptors (Lipinski definition) is 3. The van der Waals surface area contributed by atoms with Gasteiger partial charge in [-0.2, -0.15) is 0 Å². The molecule has 0 saturated carbocycles. The molecule has 92 valence electrons. The maximum atomic E-state index is 9.41. The van der Waals surface area contributed by atoms with Gasteiger partial charge in [-0.05, 0) is 12.8 Å². The summed E-state index contributed by atoms with van der Waals surface area (Å²) >= 11 is 5.90. The fourth-order valence-corrected chi connectivity index (χ4v) is 1.78. The highest BCUT2D eigenvalue weighted by Crippen LogP contribution is 2.16. The number of nitrogens with one attached hydrogen (secondary N) is 1. The van der Waals surface area contributed by atoms with Crippen LogP contribution in [0.25, 0.3) is 0 Å². The molecule has 0 saturated heterocycles. The van der Waals surface area contributed by atoms with Gasteiger partial charge in [0.2, 0.25) is 0 Å². The third kappa shape index (κ3) is 2.75. The summed E-state index contributed by atoms with van der Waals surface area (Å²) < 4.78 is 1.84. The van der Waals surface area contributed by atoms with E-state index in [1.165, 1.54) is 0 Å². The largest absolute Gasteiger partial charge is 0.394 e. The zero-order valence-corrected chi connectivity index (χ0v) is 10.9. The molecule has 0 aliphatic rings. The van der Waals surface area contributed by atoms with Crippen molar-refractivity contribution in [3.63, 3.8) is 0 Å². The average Bonchev–Trinajstić information content (AvgIpc) is 2.63. The Hall–Kier alpha value is -0.580. The highest BCUT2D eigenvalue weighted by Gasteiger charge is 2.24. The zero-order valence-electron chi connectivity index (χ0n) is 10.1. The van der Waals surface area contributed by atoms with Crippen molar-refractivity contribution in [2.24, 2.45) is 7.05 Å². The minimum Gasteiger partial charge on any atom is -0.394 e. The molecule has 5 heteroatoms. The normalized spacial score (nSPS) is 12.1. The molecular formula is C11H20ClN3O. The van der Waals surface area contributed by atoms with Crippen LogP contribution in [-0.4, -0.2) is 26.8 Å². The molecule has 0 aromatic carbocycles. The number of aliphatic hydroxyl groups is 1. The molecule has 1 aromatic rings. The predicted octanol–water partition coefficient (Wildman–Crippen LogP) is 1.71. The first-order valence-corrected chi connectivity index (χ1v) is 5.98. The van der Waals surface area contributed by atoms with E-state index in [2.05, 4.69) is 24.1 Å². The Morgan fingerprint density at radius 2 is 2.12 bits per heavy atom. The molecule has 0 atom stereocenters. The lowest BCUT2D eigenvalue weighted by Crippen LogP contribution is -2.47. The number of hydrogen-bond donors (Lipinski definition) is 2. The first-order chi connectivity index (χ1) is 7.58. The van der Waals surface area contributed by atoms with E-state index in [0.717, 1.165) is 18.7 Å². The number of rotatable bonds is 6. The van der Waals surface area contributed by atoms with Crippen LogP contribution < -0.4 is 5.32 Å². The molecule has 0 aliphatic heterocycles. The van der Waals surface area contributed by atoms with E-state index in [0.29, 0.717) is 11.7 Å². The Morgan fingerprint density at radius 1 is 1.50 bits per heavy atom. The van der Waals surface area contributed by atoms with Gasteiger partial charge in [-0.25, -0.2) is 4.98 Å². The summed E-state index contributed by atoms with van der Waals surface area (Å²) in [5, 5.41) is 13.4. The second-order valence-corrected chi connectivity index (χ2v) is 4.44. The molecule has 4 nitrogen and oxygen atoms in total. The number of imidazole rings is 1. The molecule has 0 spiro atoms. The molecule has 1 aromatic heterocycles. The minimum atomic E-state index is -0.210. The van der Waals surface area contributed by atoms with Crippen LogP contribution in [0.15, 0.2) is 6.20 Å². The molecular weight excluding hydrogens is 226 g/mol. The van der Waals surface area contributed by atoms with Gasteiger partial charge in [-0.3, -0.25) is 0 Å². The number of halogens is 1. The van der Waals surface area contributed by atoms with Gasteiger partial charge in [-0.1, -0.05) is 25.4 Å². The standard InChI is InChI=1S/C11H20ClN3O/c1-4-11(5-2,8-16)14-7-10-13-6-9(12)15(10)3/h6,14,16H,4-5,7-8H2,1-3H3. The Morgan fingerprint density at radius 3 is 2.50 bits per heavy atom. The predicted molar refractivity (Wildman–Crippen MR) is 65.5 cm³/mol. The summed E-state index contributed by atoms with van der Waals surface area (Å²) in [4.78, 5) is 4.21. The lowest BCUT2D eigenvalue weighted by molar-refractivity contribution is 0.148.